The van der Waals surface area contributed by atoms with Gasteiger partial charge < -0.3 is 10.4 Å². The maximum atomic E-state index is 13.8. The summed E-state index contributed by atoms with van der Waals surface area (Å²) in [5.41, 5.74) is 2.53. The summed E-state index contributed by atoms with van der Waals surface area (Å²) in [6.45, 7) is 1.19. The molecule has 0 radical (unpaired) electrons. The molecule has 1 aliphatic rings. The van der Waals surface area contributed by atoms with Gasteiger partial charge in [-0.25, -0.2) is 0 Å². The number of rotatable bonds is 9. The summed E-state index contributed by atoms with van der Waals surface area (Å²) in [5.74, 6) is -3.16. The molecular weight excluding hydrogens is 465 g/mol. The first-order valence-corrected chi connectivity index (χ1v) is 11.7. The molecule has 34 heavy (non-hydrogen) atoms. The van der Waals surface area contributed by atoms with Crippen molar-refractivity contribution in [2.24, 2.45) is 11.8 Å². The van der Waals surface area contributed by atoms with Crippen molar-refractivity contribution in [1.82, 2.24) is 4.98 Å². The van der Waals surface area contributed by atoms with E-state index in [9.17, 15) is 23.1 Å². The largest absolute Gasteiger partial charge is 0.481 e. The van der Waals surface area contributed by atoms with Gasteiger partial charge in [-0.3, -0.25) is 9.78 Å². The molecule has 8 heteroatoms. The highest BCUT2D eigenvalue weighted by Crippen LogP contribution is 2.45. The van der Waals surface area contributed by atoms with Gasteiger partial charge in [-0.1, -0.05) is 42.8 Å². The molecule has 4 rings (SSSR count). The monoisotopic (exact) mass is 490 g/mol. The summed E-state index contributed by atoms with van der Waals surface area (Å²) in [6.07, 6.45) is -0.792. The zero-order valence-corrected chi connectivity index (χ0v) is 19.4. The van der Waals surface area contributed by atoms with Gasteiger partial charge in [-0.15, -0.1) is 0 Å². The lowest BCUT2D eigenvalue weighted by Gasteiger charge is -2.28. The van der Waals surface area contributed by atoms with E-state index in [1.54, 1.807) is 42.6 Å². The fraction of sp³-hybridized carbons (Fsp3) is 0.385. The predicted octanol–water partition coefficient (Wildman–Crippen LogP) is 7.25. The Balaban J connectivity index is 1.61. The first-order chi connectivity index (χ1) is 16.1. The third-order valence-corrected chi connectivity index (χ3v) is 7.02. The molecule has 1 heterocycles. The van der Waals surface area contributed by atoms with Gasteiger partial charge in [0.2, 0.25) is 0 Å². The summed E-state index contributed by atoms with van der Waals surface area (Å²) >= 11 is 6.37. The van der Waals surface area contributed by atoms with Crippen molar-refractivity contribution in [3.63, 3.8) is 0 Å². The van der Waals surface area contributed by atoms with E-state index in [0.29, 0.717) is 27.7 Å². The topological polar surface area (TPSA) is 62.2 Å². The number of carboxylic acid groups (broad SMARTS) is 1. The van der Waals surface area contributed by atoms with Gasteiger partial charge in [0.25, 0.3) is 0 Å². The summed E-state index contributed by atoms with van der Waals surface area (Å²) in [6, 6.07) is 14.1. The highest BCUT2D eigenvalue weighted by atomic mass is 35.5. The molecule has 3 aromatic rings. The van der Waals surface area contributed by atoms with E-state index in [-0.39, 0.29) is 18.9 Å². The minimum atomic E-state index is -4.38. The van der Waals surface area contributed by atoms with Gasteiger partial charge >= 0.3 is 12.1 Å². The summed E-state index contributed by atoms with van der Waals surface area (Å²) in [4.78, 5) is 15.6. The Morgan fingerprint density at radius 3 is 2.59 bits per heavy atom. The number of benzene rings is 2. The van der Waals surface area contributed by atoms with Gasteiger partial charge in [0, 0.05) is 24.0 Å². The van der Waals surface area contributed by atoms with Crippen molar-refractivity contribution in [3.8, 4) is 0 Å². The first kappa shape index (κ1) is 24.3. The molecule has 3 atom stereocenters. The van der Waals surface area contributed by atoms with Crippen molar-refractivity contribution in [3.05, 3.63) is 70.9 Å². The van der Waals surface area contributed by atoms with E-state index in [1.165, 1.54) is 6.92 Å². The average molecular weight is 491 g/mol. The van der Waals surface area contributed by atoms with Gasteiger partial charge in [0.1, 0.15) is 0 Å². The number of fused-ring (bicyclic) bond motifs is 1. The van der Waals surface area contributed by atoms with Crippen molar-refractivity contribution < 1.29 is 23.1 Å². The Morgan fingerprint density at radius 2 is 1.91 bits per heavy atom. The Morgan fingerprint density at radius 1 is 1.18 bits per heavy atom. The first-order valence-electron chi connectivity index (χ1n) is 11.3. The Kier molecular flexibility index (Phi) is 7.03. The van der Waals surface area contributed by atoms with Gasteiger partial charge in [0.05, 0.1) is 28.6 Å². The molecule has 1 aromatic heterocycles. The summed E-state index contributed by atoms with van der Waals surface area (Å²) in [5, 5.41) is 13.7. The van der Waals surface area contributed by atoms with Crippen LogP contribution in [0.5, 0.6) is 0 Å². The minimum absolute atomic E-state index is 0.00914. The molecule has 2 aromatic carbocycles. The van der Waals surface area contributed by atoms with Crippen LogP contribution in [0.25, 0.3) is 10.9 Å². The number of aromatic nitrogens is 1. The van der Waals surface area contributed by atoms with Crippen LogP contribution in [0.15, 0.2) is 54.7 Å². The number of alkyl halides is 3. The predicted molar refractivity (Wildman–Crippen MR) is 127 cm³/mol. The summed E-state index contributed by atoms with van der Waals surface area (Å²) < 4.78 is 41.3. The minimum Gasteiger partial charge on any atom is -0.481 e. The van der Waals surface area contributed by atoms with Crippen LogP contribution in [0, 0.1) is 11.8 Å². The highest BCUT2D eigenvalue weighted by molar-refractivity contribution is 6.33. The molecule has 0 spiro atoms. The molecule has 0 unspecified atom stereocenters. The number of carboxylic acids is 1. The summed E-state index contributed by atoms with van der Waals surface area (Å²) in [7, 11) is 0. The smallest absolute Gasteiger partial charge is 0.392 e. The van der Waals surface area contributed by atoms with Crippen LogP contribution >= 0.6 is 11.6 Å². The zero-order chi connectivity index (χ0) is 24.5. The Labute approximate surface area is 201 Å². The molecule has 0 saturated heterocycles. The number of halogens is 4. The van der Waals surface area contributed by atoms with Crippen LogP contribution < -0.4 is 5.32 Å². The zero-order valence-electron chi connectivity index (χ0n) is 18.6. The fourth-order valence-electron chi connectivity index (χ4n) is 4.50. The number of pyridine rings is 1. The van der Waals surface area contributed by atoms with E-state index < -0.39 is 24.0 Å². The molecule has 180 valence electrons. The molecule has 4 nitrogen and oxygen atoms in total. The van der Waals surface area contributed by atoms with Crippen molar-refractivity contribution in [2.75, 3.05) is 11.9 Å². The molecule has 2 N–H and O–H groups in total. The van der Waals surface area contributed by atoms with Crippen LogP contribution in [0.4, 0.5) is 18.9 Å². The average Bonchev–Trinajstić information content (AvgIpc) is 3.63. The number of hydrogen-bond acceptors (Lipinski definition) is 3. The second-order valence-electron chi connectivity index (χ2n) is 9.05. The van der Waals surface area contributed by atoms with E-state index in [4.69, 9.17) is 11.6 Å². The van der Waals surface area contributed by atoms with Crippen molar-refractivity contribution in [2.45, 2.75) is 44.2 Å². The molecule has 0 bridgehead atoms. The lowest BCUT2D eigenvalue weighted by Crippen LogP contribution is -2.30. The number of hydrogen-bond donors (Lipinski definition) is 2. The number of nitrogens with zero attached hydrogens (tertiary/aromatic N) is 1. The fourth-order valence-corrected chi connectivity index (χ4v) is 4.68. The van der Waals surface area contributed by atoms with Gasteiger partial charge in [-0.2, -0.15) is 13.2 Å². The molecular formula is C26H26ClF3N2O2. The van der Waals surface area contributed by atoms with E-state index in [1.807, 2.05) is 12.1 Å². The number of aliphatic carboxylic acids is 1. The van der Waals surface area contributed by atoms with Crippen LogP contribution in [0.1, 0.15) is 49.1 Å². The lowest BCUT2D eigenvalue weighted by atomic mass is 9.86. The maximum Gasteiger partial charge on any atom is 0.392 e. The van der Waals surface area contributed by atoms with E-state index in [2.05, 4.69) is 10.3 Å². The number of nitrogens with one attached hydrogen (secondary N) is 1. The quantitative estimate of drug-likeness (QED) is 0.331. The molecule has 1 fully saturated rings. The van der Waals surface area contributed by atoms with Crippen LogP contribution in [0.3, 0.4) is 0 Å². The van der Waals surface area contributed by atoms with Crippen molar-refractivity contribution >= 4 is 34.2 Å². The van der Waals surface area contributed by atoms with E-state index in [0.717, 1.165) is 23.8 Å². The Bertz CT molecular complexity index is 1180. The number of anilines is 1. The maximum absolute atomic E-state index is 13.8. The molecule has 1 aliphatic carbocycles. The number of carbonyl (C=O) groups is 1. The van der Waals surface area contributed by atoms with E-state index >= 15 is 0 Å². The van der Waals surface area contributed by atoms with Crippen LogP contribution in [0.2, 0.25) is 5.02 Å². The Hall–Kier alpha value is -2.80. The normalized spacial score (nSPS) is 16.7. The molecule has 1 saturated carbocycles. The third-order valence-electron chi connectivity index (χ3n) is 6.69. The second-order valence-corrected chi connectivity index (χ2v) is 9.46. The van der Waals surface area contributed by atoms with Gasteiger partial charge in [0.15, 0.2) is 0 Å². The van der Waals surface area contributed by atoms with Crippen LogP contribution in [-0.4, -0.2) is 28.8 Å². The highest BCUT2D eigenvalue weighted by Gasteiger charge is 2.42. The molecule has 0 aliphatic heterocycles. The van der Waals surface area contributed by atoms with Crippen molar-refractivity contribution in [1.29, 1.82) is 0 Å². The SMILES string of the molecule is C[C@H]([C@@H](CNc1cc([C@@H](CC(=O)O)C2CC2)ccc1Cl)c1ccc2cccnc2c1)C(F)(F)F. The van der Waals surface area contributed by atoms with Gasteiger partial charge in [-0.05, 0) is 60.1 Å². The second kappa shape index (κ2) is 9.82. The standard InChI is InChI=1S/C26H26ClF3N2O2/c1-15(26(28,29)30)21(19-7-6-17-3-2-10-31-23(17)11-19)14-32-24-12-18(8-9-22(24)27)20(13-25(33)34)16-4-5-16/h2-3,6-12,15-16,20-21,32H,4-5,13-14H2,1H3,(H,33,34)/t15-,20+,21-/m1/s1. The van der Waals surface area contributed by atoms with Crippen LogP contribution in [-0.2, 0) is 4.79 Å². The third kappa shape index (κ3) is 5.63. The lowest BCUT2D eigenvalue weighted by molar-refractivity contribution is -0.174. The molecule has 0 amide bonds.